The SMILES string of the molecule is Cc1cccc(-n2c(C)cc([C@@H]3[C@@H](c4ccccn4)NC(=S)N3C[C@H]3CCCO3)c2C)c1. The van der Waals surface area contributed by atoms with Crippen molar-refractivity contribution in [1.82, 2.24) is 19.8 Å². The zero-order valence-corrected chi connectivity index (χ0v) is 19.7. The van der Waals surface area contributed by atoms with Crippen molar-refractivity contribution < 1.29 is 4.74 Å². The standard InChI is InChI=1S/C26H30N4OS/c1-17-8-6-9-20(14-17)30-18(2)15-22(19(30)3)25-24(23-11-4-5-12-27-23)28-26(32)29(25)16-21-10-7-13-31-21/h4-6,8-9,11-12,14-15,21,24-25H,7,10,13,16H2,1-3H3,(H,28,32)/t21-,24-,25-/m1/s1. The first-order valence-corrected chi connectivity index (χ1v) is 11.8. The van der Waals surface area contributed by atoms with Crippen LogP contribution >= 0.6 is 12.2 Å². The lowest BCUT2D eigenvalue weighted by Gasteiger charge is -2.30. The van der Waals surface area contributed by atoms with Gasteiger partial charge in [0.15, 0.2) is 5.11 Å². The fraction of sp³-hybridized carbons (Fsp3) is 0.385. The van der Waals surface area contributed by atoms with Crippen LogP contribution in [0.2, 0.25) is 0 Å². The molecule has 6 heteroatoms. The molecule has 1 N–H and O–H groups in total. The number of aromatic nitrogens is 2. The topological polar surface area (TPSA) is 42.3 Å². The van der Waals surface area contributed by atoms with E-state index in [1.165, 1.54) is 28.2 Å². The van der Waals surface area contributed by atoms with E-state index in [0.29, 0.717) is 0 Å². The van der Waals surface area contributed by atoms with Crippen molar-refractivity contribution in [2.45, 2.75) is 51.8 Å². The van der Waals surface area contributed by atoms with E-state index in [-0.39, 0.29) is 18.2 Å². The van der Waals surface area contributed by atoms with E-state index in [9.17, 15) is 0 Å². The van der Waals surface area contributed by atoms with Gasteiger partial charge < -0.3 is 19.5 Å². The van der Waals surface area contributed by atoms with Gasteiger partial charge >= 0.3 is 0 Å². The molecule has 2 aliphatic rings. The maximum Gasteiger partial charge on any atom is 0.170 e. The van der Waals surface area contributed by atoms with Crippen LogP contribution in [0.3, 0.4) is 0 Å². The number of hydrogen-bond acceptors (Lipinski definition) is 3. The molecule has 2 aromatic heterocycles. The summed E-state index contributed by atoms with van der Waals surface area (Å²) in [6.45, 7) is 8.17. The Bertz CT molecular complexity index is 1120. The van der Waals surface area contributed by atoms with Crippen molar-refractivity contribution in [1.29, 1.82) is 0 Å². The van der Waals surface area contributed by atoms with Crippen LogP contribution in [0.1, 0.15) is 53.1 Å². The number of rotatable bonds is 5. The maximum atomic E-state index is 5.98. The number of ether oxygens (including phenoxy) is 1. The zero-order valence-electron chi connectivity index (χ0n) is 18.9. The first-order chi connectivity index (χ1) is 15.5. The Morgan fingerprint density at radius 2 is 2.00 bits per heavy atom. The van der Waals surface area contributed by atoms with Crippen molar-refractivity contribution >= 4 is 17.3 Å². The molecule has 32 heavy (non-hydrogen) atoms. The minimum atomic E-state index is -0.00318. The average molecular weight is 447 g/mol. The molecule has 4 heterocycles. The van der Waals surface area contributed by atoms with E-state index < -0.39 is 0 Å². The van der Waals surface area contributed by atoms with Crippen LogP contribution in [0.5, 0.6) is 0 Å². The van der Waals surface area contributed by atoms with Gasteiger partial charge in [-0.1, -0.05) is 18.2 Å². The van der Waals surface area contributed by atoms with Gasteiger partial charge in [0.2, 0.25) is 0 Å². The highest BCUT2D eigenvalue weighted by molar-refractivity contribution is 7.80. The van der Waals surface area contributed by atoms with Crippen LogP contribution in [0, 0.1) is 20.8 Å². The van der Waals surface area contributed by atoms with Gasteiger partial charge in [-0.25, -0.2) is 0 Å². The van der Waals surface area contributed by atoms with Crippen LogP contribution < -0.4 is 5.32 Å². The van der Waals surface area contributed by atoms with E-state index in [1.54, 1.807) is 0 Å². The third-order valence-corrected chi connectivity index (χ3v) is 7.02. The van der Waals surface area contributed by atoms with Crippen molar-refractivity contribution in [3.8, 4) is 5.69 Å². The summed E-state index contributed by atoms with van der Waals surface area (Å²) in [5.74, 6) is 0. The quantitative estimate of drug-likeness (QED) is 0.562. The number of nitrogens with one attached hydrogen (secondary N) is 1. The molecule has 2 aliphatic heterocycles. The Hall–Kier alpha value is -2.70. The predicted octanol–water partition coefficient (Wildman–Crippen LogP) is 4.95. The number of hydrogen-bond donors (Lipinski definition) is 1. The number of thiocarbonyl (C=S) groups is 1. The lowest BCUT2D eigenvalue weighted by atomic mass is 9.96. The predicted molar refractivity (Wildman–Crippen MR) is 131 cm³/mol. The molecular weight excluding hydrogens is 416 g/mol. The molecule has 0 aliphatic carbocycles. The van der Waals surface area contributed by atoms with Crippen LogP contribution in [0.15, 0.2) is 54.7 Å². The van der Waals surface area contributed by atoms with Gasteiger partial charge in [-0.15, -0.1) is 0 Å². The molecule has 2 fully saturated rings. The largest absolute Gasteiger partial charge is 0.376 e. The van der Waals surface area contributed by atoms with Crippen LogP contribution in [-0.4, -0.2) is 38.8 Å². The van der Waals surface area contributed by atoms with E-state index >= 15 is 0 Å². The molecule has 1 aromatic carbocycles. The van der Waals surface area contributed by atoms with E-state index in [1.807, 2.05) is 18.3 Å². The molecule has 166 valence electrons. The smallest absolute Gasteiger partial charge is 0.170 e. The molecule has 0 amide bonds. The van der Waals surface area contributed by atoms with Crippen molar-refractivity contribution in [3.05, 3.63) is 82.9 Å². The molecule has 0 spiro atoms. The summed E-state index contributed by atoms with van der Waals surface area (Å²) in [5, 5.41) is 4.36. The summed E-state index contributed by atoms with van der Waals surface area (Å²) in [4.78, 5) is 7.01. The Labute approximate surface area is 195 Å². The lowest BCUT2D eigenvalue weighted by Crippen LogP contribution is -2.36. The molecule has 2 saturated heterocycles. The fourth-order valence-corrected chi connectivity index (χ4v) is 5.51. The Morgan fingerprint density at radius 3 is 2.72 bits per heavy atom. The van der Waals surface area contributed by atoms with Crippen LogP contribution in [0.4, 0.5) is 0 Å². The summed E-state index contributed by atoms with van der Waals surface area (Å²) in [5.41, 5.74) is 7.20. The van der Waals surface area contributed by atoms with Gasteiger partial charge in [-0.2, -0.15) is 0 Å². The van der Waals surface area contributed by atoms with Crippen molar-refractivity contribution in [2.24, 2.45) is 0 Å². The molecule has 5 rings (SSSR count). The van der Waals surface area contributed by atoms with Gasteiger partial charge in [0.1, 0.15) is 0 Å². The van der Waals surface area contributed by atoms with Gasteiger partial charge in [0.05, 0.1) is 23.9 Å². The highest BCUT2D eigenvalue weighted by atomic mass is 32.1. The molecule has 0 bridgehead atoms. The zero-order chi connectivity index (χ0) is 22.2. The second-order valence-electron chi connectivity index (χ2n) is 8.91. The second kappa shape index (κ2) is 8.68. The normalized spacial score (nSPS) is 23.0. The molecule has 0 unspecified atom stereocenters. The first kappa shape index (κ1) is 21.2. The highest BCUT2D eigenvalue weighted by Crippen LogP contribution is 2.42. The summed E-state index contributed by atoms with van der Waals surface area (Å²) >= 11 is 5.85. The van der Waals surface area contributed by atoms with Crippen LogP contribution in [-0.2, 0) is 4.74 Å². The average Bonchev–Trinajstić information content (AvgIpc) is 3.48. The Balaban J connectivity index is 1.59. The molecule has 0 radical (unpaired) electrons. The molecule has 3 aromatic rings. The van der Waals surface area contributed by atoms with Gasteiger partial charge in [-0.3, -0.25) is 4.98 Å². The summed E-state index contributed by atoms with van der Waals surface area (Å²) in [6.07, 6.45) is 4.28. The molecule has 5 nitrogen and oxygen atoms in total. The molecular formula is C26H30N4OS. The first-order valence-electron chi connectivity index (χ1n) is 11.4. The third kappa shape index (κ3) is 3.82. The second-order valence-corrected chi connectivity index (χ2v) is 9.30. The lowest BCUT2D eigenvalue weighted by molar-refractivity contribution is 0.0842. The molecule has 0 saturated carbocycles. The number of aryl methyl sites for hydroxylation is 2. The Morgan fingerprint density at radius 1 is 1.12 bits per heavy atom. The van der Waals surface area contributed by atoms with Crippen LogP contribution in [0.25, 0.3) is 5.69 Å². The van der Waals surface area contributed by atoms with Gasteiger partial charge in [-0.05, 0) is 87.3 Å². The van der Waals surface area contributed by atoms with E-state index in [4.69, 9.17) is 17.0 Å². The minimum Gasteiger partial charge on any atom is -0.376 e. The van der Waals surface area contributed by atoms with Gasteiger partial charge in [0.25, 0.3) is 0 Å². The van der Waals surface area contributed by atoms with E-state index in [2.05, 4.69) is 76.9 Å². The number of benzene rings is 1. The molecule has 3 atom stereocenters. The fourth-order valence-electron chi connectivity index (χ4n) is 5.20. The monoisotopic (exact) mass is 446 g/mol. The number of pyridine rings is 1. The summed E-state index contributed by atoms with van der Waals surface area (Å²) < 4.78 is 8.33. The summed E-state index contributed by atoms with van der Waals surface area (Å²) in [6, 6.07) is 17.1. The third-order valence-electron chi connectivity index (χ3n) is 6.67. The number of nitrogens with zero attached hydrogens (tertiary/aromatic N) is 3. The van der Waals surface area contributed by atoms with Gasteiger partial charge in [0, 0.05) is 36.4 Å². The Kier molecular flexibility index (Phi) is 5.74. The van der Waals surface area contributed by atoms with E-state index in [0.717, 1.165) is 36.8 Å². The maximum absolute atomic E-state index is 5.98. The van der Waals surface area contributed by atoms with Crippen molar-refractivity contribution in [2.75, 3.05) is 13.2 Å². The highest BCUT2D eigenvalue weighted by Gasteiger charge is 2.42. The summed E-state index contributed by atoms with van der Waals surface area (Å²) in [7, 11) is 0. The van der Waals surface area contributed by atoms with Crippen molar-refractivity contribution in [3.63, 3.8) is 0 Å². The minimum absolute atomic E-state index is 0.00318.